The first kappa shape index (κ1) is 22.9. The number of ketones is 3. The maximum Gasteiger partial charge on any atom is 0.173 e. The van der Waals surface area contributed by atoms with E-state index in [1.54, 1.807) is 6.07 Å². The standard InChI is InChI=1S/C28H32O6/c1-2-28(9-4-3-5-10-28)14-20(31)24-19(30)13-17-12-16-11-15-7-6-8-18(29)21(15)25(32)22(16)26(33)23(17)27(24)34/h6-8,16-17,23,29,32,34H,2-5,9-14H2,1H3. The molecule has 4 aliphatic carbocycles. The largest absolute Gasteiger partial charge is 0.511 e. The topological polar surface area (TPSA) is 112 Å². The van der Waals surface area contributed by atoms with Crippen molar-refractivity contribution in [2.75, 3.05) is 0 Å². The summed E-state index contributed by atoms with van der Waals surface area (Å²) in [6.07, 6.45) is 7.20. The highest BCUT2D eigenvalue weighted by molar-refractivity contribution is 6.22. The van der Waals surface area contributed by atoms with E-state index < -0.39 is 23.4 Å². The summed E-state index contributed by atoms with van der Waals surface area (Å²) in [7, 11) is 0. The normalized spacial score (nSPS) is 28.3. The van der Waals surface area contributed by atoms with Crippen LogP contribution in [0, 0.1) is 23.2 Å². The van der Waals surface area contributed by atoms with Crippen LogP contribution in [-0.4, -0.2) is 32.7 Å². The summed E-state index contributed by atoms with van der Waals surface area (Å²) in [6.45, 7) is 2.07. The number of hydrogen-bond acceptors (Lipinski definition) is 6. The molecule has 0 aromatic heterocycles. The highest BCUT2D eigenvalue weighted by Gasteiger charge is 2.51. The fourth-order valence-corrected chi connectivity index (χ4v) is 7.00. The van der Waals surface area contributed by atoms with Gasteiger partial charge in [-0.2, -0.15) is 0 Å². The van der Waals surface area contributed by atoms with Crippen LogP contribution in [0.3, 0.4) is 0 Å². The smallest absolute Gasteiger partial charge is 0.173 e. The minimum atomic E-state index is -0.999. The molecule has 0 spiro atoms. The van der Waals surface area contributed by atoms with E-state index in [0.717, 1.165) is 44.1 Å². The van der Waals surface area contributed by atoms with Crippen molar-refractivity contribution in [2.45, 2.75) is 71.1 Å². The van der Waals surface area contributed by atoms with Crippen LogP contribution in [0.4, 0.5) is 0 Å². The van der Waals surface area contributed by atoms with Gasteiger partial charge in [0.25, 0.3) is 0 Å². The molecule has 34 heavy (non-hydrogen) atoms. The number of benzene rings is 1. The monoisotopic (exact) mass is 464 g/mol. The fourth-order valence-electron chi connectivity index (χ4n) is 7.00. The van der Waals surface area contributed by atoms with Crippen molar-refractivity contribution in [1.82, 2.24) is 0 Å². The molecule has 0 radical (unpaired) electrons. The molecule has 0 bridgehead atoms. The Labute approximate surface area is 199 Å². The Bertz CT molecular complexity index is 1130. The number of allylic oxidation sites excluding steroid dienone is 3. The number of hydrogen-bond donors (Lipinski definition) is 3. The van der Waals surface area contributed by atoms with Gasteiger partial charge in [-0.05, 0) is 54.6 Å². The third-order valence-corrected chi connectivity index (χ3v) is 8.86. The first-order valence-corrected chi connectivity index (χ1v) is 12.5. The molecule has 3 unspecified atom stereocenters. The number of carbonyl (C=O) groups is 3. The SMILES string of the molecule is CCC1(CC(=O)C2=C(O)C3C(=O)C4=C(O)c5c(O)cccc5CC4CC3CC2=O)CCCCC1. The second-order valence-electron chi connectivity index (χ2n) is 10.7. The van der Waals surface area contributed by atoms with Crippen molar-refractivity contribution < 1.29 is 29.7 Å². The molecule has 0 saturated heterocycles. The molecule has 180 valence electrons. The van der Waals surface area contributed by atoms with Gasteiger partial charge in [-0.15, -0.1) is 0 Å². The molecule has 3 N–H and O–H groups in total. The highest BCUT2D eigenvalue weighted by atomic mass is 16.3. The van der Waals surface area contributed by atoms with Crippen molar-refractivity contribution in [2.24, 2.45) is 23.2 Å². The number of carbonyl (C=O) groups excluding carboxylic acids is 3. The van der Waals surface area contributed by atoms with E-state index in [2.05, 4.69) is 6.92 Å². The van der Waals surface area contributed by atoms with Crippen molar-refractivity contribution in [3.05, 3.63) is 46.2 Å². The number of aliphatic hydroxyl groups excluding tert-OH is 2. The van der Waals surface area contributed by atoms with Crippen LogP contribution >= 0.6 is 0 Å². The van der Waals surface area contributed by atoms with Crippen molar-refractivity contribution in [3.63, 3.8) is 0 Å². The maximum atomic E-state index is 13.6. The number of phenolic OH excluding ortho intramolecular Hbond substituents is 1. The van der Waals surface area contributed by atoms with Crippen molar-refractivity contribution >= 4 is 23.1 Å². The molecular weight excluding hydrogens is 432 g/mol. The third kappa shape index (κ3) is 3.50. The first-order valence-electron chi connectivity index (χ1n) is 12.5. The van der Waals surface area contributed by atoms with Crippen LogP contribution in [0.25, 0.3) is 5.76 Å². The Balaban J connectivity index is 1.51. The molecule has 1 aromatic carbocycles. The fraction of sp³-hybridized carbons (Fsp3) is 0.536. The van der Waals surface area contributed by atoms with Gasteiger partial charge in [0.15, 0.2) is 17.3 Å². The molecule has 3 atom stereocenters. The molecule has 0 amide bonds. The molecule has 5 rings (SSSR count). The zero-order chi connectivity index (χ0) is 24.2. The molecule has 6 heteroatoms. The Morgan fingerprint density at radius 1 is 1.06 bits per heavy atom. The average molecular weight is 465 g/mol. The van der Waals surface area contributed by atoms with Crippen LogP contribution in [0.15, 0.2) is 35.1 Å². The minimum Gasteiger partial charge on any atom is -0.511 e. The lowest BCUT2D eigenvalue weighted by Crippen LogP contribution is -2.44. The van der Waals surface area contributed by atoms with Gasteiger partial charge in [-0.25, -0.2) is 0 Å². The summed E-state index contributed by atoms with van der Waals surface area (Å²) >= 11 is 0. The minimum absolute atomic E-state index is 0.0537. The Morgan fingerprint density at radius 3 is 2.50 bits per heavy atom. The van der Waals surface area contributed by atoms with Crippen LogP contribution in [0.2, 0.25) is 0 Å². The predicted octanol–water partition coefficient (Wildman–Crippen LogP) is 5.14. The Kier molecular flexibility index (Phi) is 5.65. The number of rotatable bonds is 4. The second kappa shape index (κ2) is 8.40. The van der Waals surface area contributed by atoms with Gasteiger partial charge in [0.2, 0.25) is 0 Å². The number of aromatic hydroxyl groups is 1. The van der Waals surface area contributed by atoms with E-state index in [4.69, 9.17) is 0 Å². The van der Waals surface area contributed by atoms with Crippen LogP contribution < -0.4 is 0 Å². The summed E-state index contributed by atoms with van der Waals surface area (Å²) in [4.78, 5) is 40.0. The Morgan fingerprint density at radius 2 is 1.79 bits per heavy atom. The first-order chi connectivity index (χ1) is 16.3. The summed E-state index contributed by atoms with van der Waals surface area (Å²) in [6, 6.07) is 4.98. The molecule has 6 nitrogen and oxygen atoms in total. The molecule has 1 aromatic rings. The molecule has 4 aliphatic rings. The number of aliphatic hydroxyl groups is 2. The van der Waals surface area contributed by atoms with Crippen LogP contribution in [0.1, 0.15) is 75.8 Å². The van der Waals surface area contributed by atoms with Gasteiger partial charge >= 0.3 is 0 Å². The van der Waals surface area contributed by atoms with Crippen molar-refractivity contribution in [3.8, 4) is 5.75 Å². The molecule has 2 saturated carbocycles. The lowest BCUT2D eigenvalue weighted by Gasteiger charge is -2.41. The lowest BCUT2D eigenvalue weighted by atomic mass is 9.61. The van der Waals surface area contributed by atoms with Gasteiger partial charge in [-0.3, -0.25) is 14.4 Å². The summed E-state index contributed by atoms with van der Waals surface area (Å²) in [5, 5.41) is 32.4. The Hall–Kier alpha value is -2.89. The number of Topliss-reactive ketones (excluding diaryl/α,β-unsaturated/α-hetero) is 3. The van der Waals surface area contributed by atoms with Gasteiger partial charge < -0.3 is 15.3 Å². The van der Waals surface area contributed by atoms with E-state index in [-0.39, 0.29) is 64.0 Å². The zero-order valence-electron chi connectivity index (χ0n) is 19.6. The average Bonchev–Trinajstić information content (AvgIpc) is 2.79. The molecule has 2 fully saturated rings. The number of fused-ring (bicyclic) bond motifs is 3. The van der Waals surface area contributed by atoms with E-state index in [0.29, 0.717) is 12.8 Å². The highest BCUT2D eigenvalue weighted by Crippen LogP contribution is 2.51. The van der Waals surface area contributed by atoms with E-state index in [1.807, 2.05) is 6.07 Å². The van der Waals surface area contributed by atoms with Gasteiger partial charge in [0, 0.05) is 18.4 Å². The lowest BCUT2D eigenvalue weighted by molar-refractivity contribution is -0.128. The van der Waals surface area contributed by atoms with Gasteiger partial charge in [0.05, 0.1) is 17.1 Å². The van der Waals surface area contributed by atoms with E-state index >= 15 is 0 Å². The van der Waals surface area contributed by atoms with E-state index in [9.17, 15) is 29.7 Å². The molecule has 0 aliphatic heterocycles. The maximum absolute atomic E-state index is 13.6. The predicted molar refractivity (Wildman–Crippen MR) is 126 cm³/mol. The van der Waals surface area contributed by atoms with E-state index in [1.165, 1.54) is 6.07 Å². The molecular formula is C28H32O6. The van der Waals surface area contributed by atoms with Gasteiger partial charge in [-0.1, -0.05) is 44.7 Å². The zero-order valence-corrected chi connectivity index (χ0v) is 19.6. The molecule has 0 heterocycles. The van der Waals surface area contributed by atoms with Gasteiger partial charge in [0.1, 0.15) is 17.3 Å². The van der Waals surface area contributed by atoms with Crippen molar-refractivity contribution in [1.29, 1.82) is 0 Å². The number of phenols is 1. The van der Waals surface area contributed by atoms with Crippen LogP contribution in [-0.2, 0) is 20.8 Å². The quantitative estimate of drug-likeness (QED) is 0.532. The van der Waals surface area contributed by atoms with Crippen LogP contribution in [0.5, 0.6) is 5.75 Å². The second-order valence-corrected chi connectivity index (χ2v) is 10.7. The summed E-state index contributed by atoms with van der Waals surface area (Å²) < 4.78 is 0. The summed E-state index contributed by atoms with van der Waals surface area (Å²) in [5.41, 5.74) is 0.861. The third-order valence-electron chi connectivity index (χ3n) is 8.86. The summed E-state index contributed by atoms with van der Waals surface area (Å²) in [5.74, 6) is -3.61.